The number of carbonyl (C=O) groups is 2. The van der Waals surface area contributed by atoms with Crippen molar-refractivity contribution in [2.75, 3.05) is 6.54 Å². The van der Waals surface area contributed by atoms with Crippen LogP contribution in [0.3, 0.4) is 0 Å². The molecule has 0 unspecified atom stereocenters. The van der Waals surface area contributed by atoms with Gasteiger partial charge in [-0.25, -0.2) is 13.2 Å². The molecular formula is C18H26N2O6S. The normalized spacial score (nSPS) is 18.7. The highest BCUT2D eigenvalue weighted by molar-refractivity contribution is 7.89. The molecule has 1 heterocycles. The second-order valence-electron chi connectivity index (χ2n) is 7.46. The van der Waals surface area contributed by atoms with E-state index in [1.165, 1.54) is 12.1 Å². The van der Waals surface area contributed by atoms with Crippen molar-refractivity contribution in [1.82, 2.24) is 9.62 Å². The van der Waals surface area contributed by atoms with Crippen molar-refractivity contribution in [2.45, 2.75) is 63.1 Å². The van der Waals surface area contributed by atoms with Crippen molar-refractivity contribution in [2.24, 2.45) is 0 Å². The topological polar surface area (TPSA) is 113 Å². The standard InChI is InChI=1S/C18H26N2O6S/c1-18(2,3)26-17(23)19-12-13-7-9-14(10-8-13)27(24,25)20-11-5-4-6-15(20)16(21)22/h7-10,15H,4-6,11-12H2,1-3H3,(H,19,23)(H,21,22)/t15-/m1/s1. The summed E-state index contributed by atoms with van der Waals surface area (Å²) in [4.78, 5) is 23.1. The van der Waals surface area contributed by atoms with Gasteiger partial charge in [0.05, 0.1) is 4.90 Å². The average Bonchev–Trinajstić information content (AvgIpc) is 2.59. The predicted molar refractivity (Wildman–Crippen MR) is 98.7 cm³/mol. The maximum atomic E-state index is 12.8. The number of benzene rings is 1. The molecule has 0 saturated carbocycles. The van der Waals surface area contributed by atoms with Crippen molar-refractivity contribution in [3.05, 3.63) is 29.8 Å². The zero-order valence-electron chi connectivity index (χ0n) is 15.8. The number of hydrogen-bond acceptors (Lipinski definition) is 5. The van der Waals surface area contributed by atoms with Crippen LogP contribution in [0.2, 0.25) is 0 Å². The number of carboxylic acids is 1. The molecule has 1 aliphatic heterocycles. The molecule has 1 saturated heterocycles. The molecule has 1 aliphatic rings. The van der Waals surface area contributed by atoms with Crippen LogP contribution in [0.15, 0.2) is 29.2 Å². The highest BCUT2D eigenvalue weighted by Gasteiger charge is 2.37. The van der Waals surface area contributed by atoms with E-state index < -0.39 is 33.7 Å². The summed E-state index contributed by atoms with van der Waals surface area (Å²) in [5, 5.41) is 11.9. The van der Waals surface area contributed by atoms with Gasteiger partial charge in [0.25, 0.3) is 0 Å². The number of piperidine rings is 1. The van der Waals surface area contributed by atoms with E-state index in [4.69, 9.17) is 4.74 Å². The smallest absolute Gasteiger partial charge is 0.407 e. The molecule has 8 nitrogen and oxygen atoms in total. The fourth-order valence-corrected chi connectivity index (χ4v) is 4.49. The quantitative estimate of drug-likeness (QED) is 0.787. The van der Waals surface area contributed by atoms with Crippen LogP contribution in [0.1, 0.15) is 45.6 Å². The number of alkyl carbamates (subject to hydrolysis) is 1. The number of carbonyl (C=O) groups excluding carboxylic acids is 1. The Bertz CT molecular complexity index is 783. The number of nitrogens with one attached hydrogen (secondary N) is 1. The number of carboxylic acid groups (broad SMARTS) is 1. The lowest BCUT2D eigenvalue weighted by Crippen LogP contribution is -2.47. The third kappa shape index (κ3) is 5.67. The first-order chi connectivity index (χ1) is 12.5. The Morgan fingerprint density at radius 3 is 2.41 bits per heavy atom. The first kappa shape index (κ1) is 21.2. The third-order valence-corrected chi connectivity index (χ3v) is 6.03. The van der Waals surface area contributed by atoms with Gasteiger partial charge in [-0.3, -0.25) is 4.79 Å². The zero-order chi connectivity index (χ0) is 20.2. The summed E-state index contributed by atoms with van der Waals surface area (Å²) in [6.07, 6.45) is 1.09. The Hall–Kier alpha value is -2.13. The van der Waals surface area contributed by atoms with Gasteiger partial charge in [0.1, 0.15) is 11.6 Å². The summed E-state index contributed by atoms with van der Waals surface area (Å²) in [6, 6.07) is 5.00. The highest BCUT2D eigenvalue weighted by atomic mass is 32.2. The van der Waals surface area contributed by atoms with Gasteiger partial charge < -0.3 is 15.2 Å². The second kappa shape index (κ2) is 8.26. The van der Waals surface area contributed by atoms with Crippen LogP contribution in [-0.2, 0) is 26.1 Å². The third-order valence-electron chi connectivity index (χ3n) is 4.10. The molecule has 2 rings (SSSR count). The summed E-state index contributed by atoms with van der Waals surface area (Å²) in [5.41, 5.74) is 0.102. The van der Waals surface area contributed by atoms with E-state index in [0.29, 0.717) is 24.8 Å². The number of sulfonamides is 1. The van der Waals surface area contributed by atoms with Crippen molar-refractivity contribution < 1.29 is 27.9 Å². The minimum absolute atomic E-state index is 0.0386. The van der Waals surface area contributed by atoms with Crippen molar-refractivity contribution in [3.63, 3.8) is 0 Å². The largest absolute Gasteiger partial charge is 0.480 e. The monoisotopic (exact) mass is 398 g/mol. The maximum Gasteiger partial charge on any atom is 0.407 e. The lowest BCUT2D eigenvalue weighted by molar-refractivity contribution is -0.142. The molecule has 0 radical (unpaired) electrons. The minimum atomic E-state index is -3.89. The highest BCUT2D eigenvalue weighted by Crippen LogP contribution is 2.25. The summed E-state index contributed by atoms with van der Waals surface area (Å²) in [6.45, 7) is 5.67. The number of hydrogen-bond donors (Lipinski definition) is 2. The fraction of sp³-hybridized carbons (Fsp3) is 0.556. The molecule has 1 fully saturated rings. The van der Waals surface area contributed by atoms with Crippen LogP contribution in [0, 0.1) is 0 Å². The van der Waals surface area contributed by atoms with Crippen molar-refractivity contribution in [1.29, 1.82) is 0 Å². The fourth-order valence-electron chi connectivity index (χ4n) is 2.84. The van der Waals surface area contributed by atoms with E-state index in [0.717, 1.165) is 4.31 Å². The molecule has 0 aliphatic carbocycles. The molecule has 1 aromatic carbocycles. The maximum absolute atomic E-state index is 12.8. The Kier molecular flexibility index (Phi) is 6.48. The van der Waals surface area contributed by atoms with Gasteiger partial charge in [-0.05, 0) is 57.7 Å². The molecule has 27 heavy (non-hydrogen) atoms. The van der Waals surface area contributed by atoms with E-state index in [1.54, 1.807) is 32.9 Å². The Balaban J connectivity index is 2.07. The van der Waals surface area contributed by atoms with Crippen molar-refractivity contribution in [3.8, 4) is 0 Å². The van der Waals surface area contributed by atoms with Crippen LogP contribution >= 0.6 is 0 Å². The van der Waals surface area contributed by atoms with Gasteiger partial charge in [0.2, 0.25) is 10.0 Å². The number of amides is 1. The molecule has 2 N–H and O–H groups in total. The molecular weight excluding hydrogens is 372 g/mol. The van der Waals surface area contributed by atoms with E-state index in [2.05, 4.69) is 5.32 Å². The molecule has 9 heteroatoms. The van der Waals surface area contributed by atoms with E-state index in [-0.39, 0.29) is 18.0 Å². The lowest BCUT2D eigenvalue weighted by Gasteiger charge is -2.31. The van der Waals surface area contributed by atoms with Gasteiger partial charge in [0.15, 0.2) is 0 Å². The van der Waals surface area contributed by atoms with Gasteiger partial charge in [-0.15, -0.1) is 0 Å². The zero-order valence-corrected chi connectivity index (χ0v) is 16.6. The second-order valence-corrected chi connectivity index (χ2v) is 9.36. The van der Waals surface area contributed by atoms with E-state index >= 15 is 0 Å². The molecule has 0 bridgehead atoms. The number of ether oxygens (including phenoxy) is 1. The number of aliphatic carboxylic acids is 1. The van der Waals surface area contributed by atoms with E-state index in [9.17, 15) is 23.1 Å². The Labute approximate surface area is 159 Å². The van der Waals surface area contributed by atoms with Crippen LogP contribution < -0.4 is 5.32 Å². The summed E-state index contributed by atoms with van der Waals surface area (Å²) in [5.74, 6) is -1.13. The van der Waals surface area contributed by atoms with Crippen LogP contribution in [-0.4, -0.2) is 48.1 Å². The SMILES string of the molecule is CC(C)(C)OC(=O)NCc1ccc(S(=O)(=O)N2CCCC[C@@H]2C(=O)O)cc1. The first-order valence-corrected chi connectivity index (χ1v) is 10.3. The molecule has 1 amide bonds. The van der Waals surface area contributed by atoms with Crippen LogP contribution in [0.5, 0.6) is 0 Å². The van der Waals surface area contributed by atoms with Crippen LogP contribution in [0.25, 0.3) is 0 Å². The van der Waals surface area contributed by atoms with Crippen molar-refractivity contribution >= 4 is 22.1 Å². The predicted octanol–water partition coefficient (Wildman–Crippen LogP) is 2.34. The average molecular weight is 398 g/mol. The van der Waals surface area contributed by atoms with Gasteiger partial charge >= 0.3 is 12.1 Å². The molecule has 150 valence electrons. The lowest BCUT2D eigenvalue weighted by atomic mass is 10.1. The van der Waals surface area contributed by atoms with Crippen LogP contribution in [0.4, 0.5) is 4.79 Å². The summed E-state index contributed by atoms with van der Waals surface area (Å²) in [7, 11) is -3.89. The summed E-state index contributed by atoms with van der Waals surface area (Å²) < 4.78 is 31.8. The van der Waals surface area contributed by atoms with Gasteiger partial charge in [0, 0.05) is 13.1 Å². The molecule has 0 aromatic heterocycles. The van der Waals surface area contributed by atoms with Gasteiger partial charge in [-0.2, -0.15) is 4.31 Å². The Morgan fingerprint density at radius 1 is 1.22 bits per heavy atom. The summed E-state index contributed by atoms with van der Waals surface area (Å²) >= 11 is 0. The minimum Gasteiger partial charge on any atom is -0.480 e. The number of nitrogens with zero attached hydrogens (tertiary/aromatic N) is 1. The Morgan fingerprint density at radius 2 is 1.85 bits per heavy atom. The molecule has 1 atom stereocenters. The van der Waals surface area contributed by atoms with Gasteiger partial charge in [-0.1, -0.05) is 12.1 Å². The molecule has 1 aromatic rings. The first-order valence-electron chi connectivity index (χ1n) is 8.81. The molecule has 0 spiro atoms. The van der Waals surface area contributed by atoms with E-state index in [1.807, 2.05) is 0 Å². The number of rotatable bonds is 5.